The van der Waals surface area contributed by atoms with Crippen LogP contribution in [0.4, 0.5) is 5.13 Å². The molecule has 1 aliphatic rings. The molecule has 2 aromatic heterocycles. The Bertz CT molecular complexity index is 752. The molecule has 0 unspecified atom stereocenters. The standard InChI is InChI=1S/C15H19N5O3S2/c1-3-20(4-2)12(21)8-24-15-18-17-14(25-15)16-13(22)10-7-11(23-19-10)9-5-6-9/h7,9H,3-6,8H2,1-2H3,(H,16,17,22). The van der Waals surface area contributed by atoms with E-state index in [2.05, 4.69) is 20.7 Å². The van der Waals surface area contributed by atoms with Crippen LogP contribution in [0.1, 0.15) is 48.9 Å². The number of nitrogens with zero attached hydrogens (tertiary/aromatic N) is 4. The molecule has 1 fully saturated rings. The molecule has 1 aliphatic carbocycles. The predicted octanol–water partition coefficient (Wildman–Crippen LogP) is 2.62. The fraction of sp³-hybridized carbons (Fsp3) is 0.533. The van der Waals surface area contributed by atoms with Gasteiger partial charge < -0.3 is 9.42 Å². The highest BCUT2D eigenvalue weighted by molar-refractivity contribution is 8.01. The number of hydrogen-bond acceptors (Lipinski definition) is 8. The summed E-state index contributed by atoms with van der Waals surface area (Å²) in [6.07, 6.45) is 2.17. The fourth-order valence-corrected chi connectivity index (χ4v) is 3.88. The van der Waals surface area contributed by atoms with Gasteiger partial charge in [0.1, 0.15) is 5.76 Å². The van der Waals surface area contributed by atoms with E-state index >= 15 is 0 Å². The Kier molecular flexibility index (Phi) is 5.69. The highest BCUT2D eigenvalue weighted by atomic mass is 32.2. The lowest BCUT2D eigenvalue weighted by molar-refractivity contribution is -0.127. The van der Waals surface area contributed by atoms with E-state index in [0.29, 0.717) is 34.2 Å². The topological polar surface area (TPSA) is 101 Å². The Morgan fingerprint density at radius 2 is 2.12 bits per heavy atom. The van der Waals surface area contributed by atoms with Gasteiger partial charge in [0.2, 0.25) is 11.0 Å². The van der Waals surface area contributed by atoms with E-state index in [1.54, 1.807) is 11.0 Å². The predicted molar refractivity (Wildman–Crippen MR) is 95.0 cm³/mol. The lowest BCUT2D eigenvalue weighted by Crippen LogP contribution is -2.31. The lowest BCUT2D eigenvalue weighted by atomic mass is 10.3. The summed E-state index contributed by atoms with van der Waals surface area (Å²) >= 11 is 2.55. The van der Waals surface area contributed by atoms with E-state index in [-0.39, 0.29) is 17.5 Å². The summed E-state index contributed by atoms with van der Waals surface area (Å²) in [6.45, 7) is 5.27. The monoisotopic (exact) mass is 381 g/mol. The van der Waals surface area contributed by atoms with Crippen molar-refractivity contribution in [3.8, 4) is 0 Å². The fourth-order valence-electron chi connectivity index (χ4n) is 2.23. The number of thioether (sulfide) groups is 1. The van der Waals surface area contributed by atoms with Gasteiger partial charge in [-0.3, -0.25) is 14.9 Å². The summed E-state index contributed by atoms with van der Waals surface area (Å²) in [5, 5.41) is 14.7. The third kappa shape index (κ3) is 4.57. The molecule has 3 rings (SSSR count). The minimum absolute atomic E-state index is 0.0611. The maximum absolute atomic E-state index is 12.2. The molecule has 0 bridgehead atoms. The summed E-state index contributed by atoms with van der Waals surface area (Å²) in [5.74, 6) is 1.15. The zero-order valence-electron chi connectivity index (χ0n) is 14.0. The van der Waals surface area contributed by atoms with Crippen molar-refractivity contribution in [2.45, 2.75) is 36.9 Å². The molecule has 1 N–H and O–H groups in total. The van der Waals surface area contributed by atoms with E-state index in [0.717, 1.165) is 18.6 Å². The number of hydrogen-bond donors (Lipinski definition) is 1. The first kappa shape index (κ1) is 17.9. The number of carbonyl (C=O) groups is 2. The molecule has 134 valence electrons. The van der Waals surface area contributed by atoms with Crippen LogP contribution in [0.25, 0.3) is 0 Å². The molecule has 2 aromatic rings. The van der Waals surface area contributed by atoms with Crippen molar-refractivity contribution in [2.75, 3.05) is 24.2 Å². The largest absolute Gasteiger partial charge is 0.360 e. The molecular formula is C15H19N5O3S2. The maximum Gasteiger partial charge on any atom is 0.279 e. The number of nitrogens with one attached hydrogen (secondary N) is 1. The summed E-state index contributed by atoms with van der Waals surface area (Å²) in [7, 11) is 0. The van der Waals surface area contributed by atoms with Crippen molar-refractivity contribution < 1.29 is 14.1 Å². The minimum Gasteiger partial charge on any atom is -0.360 e. The summed E-state index contributed by atoms with van der Waals surface area (Å²) in [5.41, 5.74) is 0.239. The van der Waals surface area contributed by atoms with Crippen LogP contribution in [0.5, 0.6) is 0 Å². The van der Waals surface area contributed by atoms with E-state index in [1.165, 1.54) is 23.1 Å². The molecule has 2 amide bonds. The van der Waals surface area contributed by atoms with Crippen LogP contribution in [-0.2, 0) is 4.79 Å². The highest BCUT2D eigenvalue weighted by Crippen LogP contribution is 2.40. The Labute approximate surface area is 153 Å². The molecule has 0 spiro atoms. The molecule has 2 heterocycles. The van der Waals surface area contributed by atoms with Gasteiger partial charge in [0.25, 0.3) is 5.91 Å². The first-order valence-electron chi connectivity index (χ1n) is 8.12. The molecule has 25 heavy (non-hydrogen) atoms. The molecule has 0 atom stereocenters. The number of amides is 2. The summed E-state index contributed by atoms with van der Waals surface area (Å²) in [4.78, 5) is 25.9. The smallest absolute Gasteiger partial charge is 0.279 e. The van der Waals surface area contributed by atoms with Crippen LogP contribution >= 0.6 is 23.1 Å². The van der Waals surface area contributed by atoms with Gasteiger partial charge in [-0.25, -0.2) is 0 Å². The van der Waals surface area contributed by atoms with Gasteiger partial charge in [0.15, 0.2) is 10.0 Å². The molecule has 0 aromatic carbocycles. The van der Waals surface area contributed by atoms with Crippen LogP contribution in [0.15, 0.2) is 14.9 Å². The van der Waals surface area contributed by atoms with E-state index in [9.17, 15) is 9.59 Å². The number of anilines is 1. The van der Waals surface area contributed by atoms with Crippen molar-refractivity contribution in [3.05, 3.63) is 17.5 Å². The molecule has 0 aliphatic heterocycles. The average Bonchev–Trinajstić information content (AvgIpc) is 3.17. The number of rotatable bonds is 8. The van der Waals surface area contributed by atoms with Gasteiger partial charge in [-0.05, 0) is 26.7 Å². The van der Waals surface area contributed by atoms with Crippen LogP contribution in [0.2, 0.25) is 0 Å². The SMILES string of the molecule is CCN(CC)C(=O)CSc1nnc(NC(=O)c2cc(C3CC3)on2)s1. The normalized spacial score (nSPS) is 13.7. The maximum atomic E-state index is 12.2. The second-order valence-electron chi connectivity index (χ2n) is 5.57. The molecule has 8 nitrogen and oxygen atoms in total. The van der Waals surface area contributed by atoms with Gasteiger partial charge in [-0.15, -0.1) is 10.2 Å². The van der Waals surface area contributed by atoms with Crippen LogP contribution in [-0.4, -0.2) is 50.9 Å². The zero-order valence-corrected chi connectivity index (χ0v) is 15.7. The minimum atomic E-state index is -0.373. The van der Waals surface area contributed by atoms with Crippen LogP contribution in [0.3, 0.4) is 0 Å². The lowest BCUT2D eigenvalue weighted by Gasteiger charge is -2.17. The Hall–Kier alpha value is -1.94. The molecular weight excluding hydrogens is 362 g/mol. The van der Waals surface area contributed by atoms with Gasteiger partial charge in [-0.1, -0.05) is 28.3 Å². The van der Waals surface area contributed by atoms with Gasteiger partial charge in [-0.2, -0.15) is 0 Å². The van der Waals surface area contributed by atoms with Crippen LogP contribution in [0, 0.1) is 0 Å². The van der Waals surface area contributed by atoms with Gasteiger partial charge in [0.05, 0.1) is 5.75 Å². The van der Waals surface area contributed by atoms with Crippen molar-refractivity contribution in [2.24, 2.45) is 0 Å². The van der Waals surface area contributed by atoms with Crippen molar-refractivity contribution in [1.29, 1.82) is 0 Å². The third-order valence-electron chi connectivity index (χ3n) is 3.80. The Balaban J connectivity index is 1.52. The zero-order chi connectivity index (χ0) is 17.8. The second kappa shape index (κ2) is 7.96. The highest BCUT2D eigenvalue weighted by Gasteiger charge is 2.29. The Morgan fingerprint density at radius 3 is 2.80 bits per heavy atom. The van der Waals surface area contributed by atoms with Crippen LogP contribution < -0.4 is 5.32 Å². The average molecular weight is 381 g/mol. The summed E-state index contributed by atoms with van der Waals surface area (Å²) < 4.78 is 5.81. The summed E-state index contributed by atoms with van der Waals surface area (Å²) in [6, 6.07) is 1.67. The van der Waals surface area contributed by atoms with E-state index < -0.39 is 0 Å². The second-order valence-corrected chi connectivity index (χ2v) is 7.77. The molecule has 0 radical (unpaired) electrons. The first-order valence-corrected chi connectivity index (χ1v) is 9.93. The molecule has 10 heteroatoms. The Morgan fingerprint density at radius 1 is 1.36 bits per heavy atom. The molecule has 0 saturated heterocycles. The number of carbonyl (C=O) groups excluding carboxylic acids is 2. The van der Waals surface area contributed by atoms with Crippen molar-refractivity contribution in [3.63, 3.8) is 0 Å². The third-order valence-corrected chi connectivity index (χ3v) is 5.76. The van der Waals surface area contributed by atoms with Gasteiger partial charge in [0, 0.05) is 25.1 Å². The van der Waals surface area contributed by atoms with E-state index in [1.807, 2.05) is 13.8 Å². The van der Waals surface area contributed by atoms with Gasteiger partial charge >= 0.3 is 0 Å². The van der Waals surface area contributed by atoms with Crippen molar-refractivity contribution >= 4 is 40.0 Å². The molecule has 1 saturated carbocycles. The van der Waals surface area contributed by atoms with E-state index in [4.69, 9.17) is 4.52 Å². The number of aromatic nitrogens is 3. The van der Waals surface area contributed by atoms with Crippen molar-refractivity contribution in [1.82, 2.24) is 20.3 Å². The quantitative estimate of drug-likeness (QED) is 0.554. The first-order chi connectivity index (χ1) is 12.1.